The fourth-order valence-corrected chi connectivity index (χ4v) is 4.30. The molecule has 158 valence electrons. The number of benzene rings is 1. The number of carbonyl (C=O) groups is 1. The number of hydrogen-bond acceptors (Lipinski definition) is 6. The molecule has 7 heteroatoms. The van der Waals surface area contributed by atoms with Gasteiger partial charge in [0, 0.05) is 67.6 Å². The number of aromatic nitrogens is 3. The lowest BCUT2D eigenvalue weighted by atomic mass is 10.1. The van der Waals surface area contributed by atoms with Crippen LogP contribution in [-0.4, -0.2) is 53.1 Å². The Morgan fingerprint density at radius 2 is 1.81 bits per heavy atom. The lowest BCUT2D eigenvalue weighted by Gasteiger charge is -2.19. The Morgan fingerprint density at radius 1 is 0.968 bits per heavy atom. The van der Waals surface area contributed by atoms with Gasteiger partial charge in [0.15, 0.2) is 0 Å². The molecule has 1 amide bonds. The van der Waals surface area contributed by atoms with Crippen LogP contribution in [0.3, 0.4) is 0 Å². The Bertz CT molecular complexity index is 1030. The molecule has 2 saturated heterocycles. The maximum Gasteiger partial charge on any atom is 0.251 e. The molecule has 1 atom stereocenters. The molecule has 0 bridgehead atoms. The van der Waals surface area contributed by atoms with Gasteiger partial charge in [-0.1, -0.05) is 0 Å². The number of amides is 1. The maximum atomic E-state index is 12.7. The van der Waals surface area contributed by atoms with Crippen LogP contribution in [0.2, 0.25) is 0 Å². The van der Waals surface area contributed by atoms with Crippen molar-refractivity contribution >= 4 is 17.5 Å². The summed E-state index contributed by atoms with van der Waals surface area (Å²) < 4.78 is 0. The molecule has 0 spiro atoms. The number of nitrogens with one attached hydrogen (secondary N) is 1. The lowest BCUT2D eigenvalue weighted by molar-refractivity contribution is 0.0940. The van der Waals surface area contributed by atoms with Crippen molar-refractivity contribution in [2.24, 2.45) is 0 Å². The van der Waals surface area contributed by atoms with Crippen molar-refractivity contribution in [3.8, 4) is 11.3 Å². The summed E-state index contributed by atoms with van der Waals surface area (Å²) in [5, 5.41) is 3.17. The van der Waals surface area contributed by atoms with Crippen LogP contribution in [0.25, 0.3) is 11.3 Å². The fraction of sp³-hybridized carbons (Fsp3) is 0.333. The summed E-state index contributed by atoms with van der Waals surface area (Å²) in [5.74, 6) is 0.665. The van der Waals surface area contributed by atoms with E-state index < -0.39 is 0 Å². The van der Waals surface area contributed by atoms with Gasteiger partial charge in [0.25, 0.3) is 5.91 Å². The van der Waals surface area contributed by atoms with Crippen LogP contribution >= 0.6 is 0 Å². The van der Waals surface area contributed by atoms with Crippen LogP contribution in [-0.2, 0) is 0 Å². The van der Waals surface area contributed by atoms with E-state index in [4.69, 9.17) is 4.98 Å². The van der Waals surface area contributed by atoms with E-state index in [1.54, 1.807) is 18.6 Å². The monoisotopic (exact) mass is 414 g/mol. The molecule has 0 aliphatic carbocycles. The van der Waals surface area contributed by atoms with Crippen LogP contribution < -0.4 is 15.1 Å². The largest absolute Gasteiger partial charge is 0.372 e. The first-order chi connectivity index (χ1) is 15.3. The molecule has 31 heavy (non-hydrogen) atoms. The van der Waals surface area contributed by atoms with Crippen molar-refractivity contribution in [3.63, 3.8) is 0 Å². The molecule has 2 aromatic heterocycles. The van der Waals surface area contributed by atoms with E-state index in [2.05, 4.69) is 37.2 Å². The Balaban J connectivity index is 1.20. The third kappa shape index (κ3) is 4.35. The average Bonchev–Trinajstić information content (AvgIpc) is 3.53. The zero-order valence-electron chi connectivity index (χ0n) is 17.4. The second kappa shape index (κ2) is 8.71. The van der Waals surface area contributed by atoms with Crippen molar-refractivity contribution < 1.29 is 4.79 Å². The van der Waals surface area contributed by atoms with Crippen molar-refractivity contribution in [3.05, 3.63) is 66.6 Å². The lowest BCUT2D eigenvalue weighted by Crippen LogP contribution is -2.37. The first kappa shape index (κ1) is 19.5. The van der Waals surface area contributed by atoms with E-state index in [0.29, 0.717) is 18.1 Å². The fourth-order valence-electron chi connectivity index (χ4n) is 4.30. The van der Waals surface area contributed by atoms with Gasteiger partial charge in [-0.2, -0.15) is 0 Å². The van der Waals surface area contributed by atoms with E-state index >= 15 is 0 Å². The standard InChI is InChI=1S/C24H26N6O/c31-23(18-5-7-21(8-6-18)29-13-1-2-14-29)27-20-10-15-30(17-20)24-26-12-9-22(28-24)19-4-3-11-25-16-19/h3-9,11-12,16,20H,1-2,10,13-15,17H2,(H,27,31). The Kier molecular flexibility index (Phi) is 5.48. The van der Waals surface area contributed by atoms with Crippen LogP contribution in [0, 0.1) is 0 Å². The van der Waals surface area contributed by atoms with Gasteiger partial charge >= 0.3 is 0 Å². The summed E-state index contributed by atoms with van der Waals surface area (Å²) in [5.41, 5.74) is 3.72. The van der Waals surface area contributed by atoms with E-state index in [9.17, 15) is 4.79 Å². The van der Waals surface area contributed by atoms with Crippen LogP contribution in [0.15, 0.2) is 61.1 Å². The quantitative estimate of drug-likeness (QED) is 0.691. The smallest absolute Gasteiger partial charge is 0.251 e. The second-order valence-corrected chi connectivity index (χ2v) is 8.13. The summed E-state index contributed by atoms with van der Waals surface area (Å²) in [6.45, 7) is 3.73. The number of rotatable bonds is 5. The maximum absolute atomic E-state index is 12.7. The number of hydrogen-bond donors (Lipinski definition) is 1. The highest BCUT2D eigenvalue weighted by atomic mass is 16.1. The van der Waals surface area contributed by atoms with E-state index in [-0.39, 0.29) is 11.9 Å². The molecule has 0 saturated carbocycles. The predicted octanol–water partition coefficient (Wildman–Crippen LogP) is 3.15. The molecule has 1 N–H and O–H groups in total. The molecule has 2 aliphatic heterocycles. The molecule has 1 unspecified atom stereocenters. The highest BCUT2D eigenvalue weighted by Crippen LogP contribution is 2.22. The Morgan fingerprint density at radius 3 is 2.58 bits per heavy atom. The summed E-state index contributed by atoms with van der Waals surface area (Å²) in [6.07, 6.45) is 8.69. The molecule has 4 heterocycles. The van der Waals surface area contributed by atoms with Gasteiger partial charge in [-0.15, -0.1) is 0 Å². The summed E-state index contributed by atoms with van der Waals surface area (Å²) >= 11 is 0. The normalized spacial score (nSPS) is 18.4. The average molecular weight is 415 g/mol. The topological polar surface area (TPSA) is 74.2 Å². The van der Waals surface area contributed by atoms with Gasteiger partial charge in [0.2, 0.25) is 5.95 Å². The van der Waals surface area contributed by atoms with Crippen LogP contribution in [0.1, 0.15) is 29.6 Å². The van der Waals surface area contributed by atoms with Gasteiger partial charge < -0.3 is 15.1 Å². The molecule has 2 fully saturated rings. The van der Waals surface area contributed by atoms with Crippen molar-refractivity contribution in [1.29, 1.82) is 0 Å². The third-order valence-corrected chi connectivity index (χ3v) is 6.01. The van der Waals surface area contributed by atoms with Gasteiger partial charge in [-0.3, -0.25) is 9.78 Å². The Hall–Kier alpha value is -3.48. The summed E-state index contributed by atoms with van der Waals surface area (Å²) in [4.78, 5) is 30.5. The van der Waals surface area contributed by atoms with Gasteiger partial charge in [0.05, 0.1) is 5.69 Å². The molecule has 7 nitrogen and oxygen atoms in total. The SMILES string of the molecule is O=C(NC1CCN(c2nccc(-c3cccnc3)n2)C1)c1ccc(N2CCCC2)cc1. The van der Waals surface area contributed by atoms with Crippen LogP contribution in [0.5, 0.6) is 0 Å². The first-order valence-corrected chi connectivity index (χ1v) is 10.9. The van der Waals surface area contributed by atoms with E-state index in [0.717, 1.165) is 37.3 Å². The predicted molar refractivity (Wildman–Crippen MR) is 121 cm³/mol. The first-order valence-electron chi connectivity index (χ1n) is 10.9. The van der Waals surface area contributed by atoms with Gasteiger partial charge in [0.1, 0.15) is 0 Å². The molecule has 1 aromatic carbocycles. The molecule has 3 aromatic rings. The minimum absolute atomic E-state index is 0.0233. The number of pyridine rings is 1. The highest BCUT2D eigenvalue weighted by Gasteiger charge is 2.26. The number of carbonyl (C=O) groups excluding carboxylic acids is 1. The minimum atomic E-state index is -0.0233. The van der Waals surface area contributed by atoms with Crippen LogP contribution in [0.4, 0.5) is 11.6 Å². The third-order valence-electron chi connectivity index (χ3n) is 6.01. The van der Waals surface area contributed by atoms with E-state index in [1.807, 2.05) is 30.3 Å². The highest BCUT2D eigenvalue weighted by molar-refractivity contribution is 5.94. The molecular formula is C24H26N6O. The minimum Gasteiger partial charge on any atom is -0.372 e. The zero-order valence-corrected chi connectivity index (χ0v) is 17.4. The van der Waals surface area contributed by atoms with E-state index in [1.165, 1.54) is 18.5 Å². The van der Waals surface area contributed by atoms with Gasteiger partial charge in [-0.05, 0) is 61.7 Å². The van der Waals surface area contributed by atoms with Crippen molar-refractivity contribution in [1.82, 2.24) is 20.3 Å². The molecular weight excluding hydrogens is 388 g/mol. The molecule has 5 rings (SSSR count). The number of anilines is 2. The zero-order chi connectivity index (χ0) is 21.0. The number of nitrogens with zero attached hydrogens (tertiary/aromatic N) is 5. The van der Waals surface area contributed by atoms with Crippen molar-refractivity contribution in [2.75, 3.05) is 36.0 Å². The van der Waals surface area contributed by atoms with Crippen molar-refractivity contribution in [2.45, 2.75) is 25.3 Å². The summed E-state index contributed by atoms with van der Waals surface area (Å²) in [7, 11) is 0. The molecule has 0 radical (unpaired) electrons. The Labute approximate surface area is 182 Å². The summed E-state index contributed by atoms with van der Waals surface area (Å²) in [6, 6.07) is 13.8. The molecule has 2 aliphatic rings. The van der Waals surface area contributed by atoms with Gasteiger partial charge in [-0.25, -0.2) is 9.97 Å². The second-order valence-electron chi connectivity index (χ2n) is 8.13.